The standard InChI is InChI=1S/C12H27O2PS2.H2O/c1-2-3-4-5-6-7-8-9-10-11-12-14-15(13,16)17;/h2-12H2,1H3,(H2,13,16,17);1H2. The zero-order valence-corrected chi connectivity index (χ0v) is 14.0. The minimum atomic E-state index is -2.72. The van der Waals surface area contributed by atoms with Gasteiger partial charge in [0.1, 0.15) is 0 Å². The highest BCUT2D eigenvalue weighted by atomic mass is 32.9. The number of hydrogen-bond donors (Lipinski definition) is 2. The minimum absolute atomic E-state index is 0. The largest absolute Gasteiger partial charge is 0.412 e. The molecule has 0 spiro atoms. The summed E-state index contributed by atoms with van der Waals surface area (Å²) in [4.78, 5) is 9.13. The van der Waals surface area contributed by atoms with Gasteiger partial charge in [-0.1, -0.05) is 77.0 Å². The third-order valence-electron chi connectivity index (χ3n) is 2.76. The van der Waals surface area contributed by atoms with Gasteiger partial charge in [-0.05, 0) is 18.2 Å². The molecule has 0 aromatic carbocycles. The summed E-state index contributed by atoms with van der Waals surface area (Å²) in [7, 11) is 0. The maximum atomic E-state index is 9.13. The fourth-order valence-electron chi connectivity index (χ4n) is 1.77. The second-order valence-corrected chi connectivity index (χ2v) is 9.67. The van der Waals surface area contributed by atoms with Gasteiger partial charge >= 0.3 is 0 Å². The average molecular weight is 316 g/mol. The second-order valence-electron chi connectivity index (χ2n) is 4.51. The van der Waals surface area contributed by atoms with Crippen LogP contribution < -0.4 is 0 Å². The van der Waals surface area contributed by atoms with Gasteiger partial charge < -0.3 is 14.9 Å². The van der Waals surface area contributed by atoms with E-state index in [1.54, 1.807) is 0 Å². The molecule has 6 heteroatoms. The molecular weight excluding hydrogens is 287 g/mol. The van der Waals surface area contributed by atoms with Crippen LogP contribution in [0.3, 0.4) is 0 Å². The van der Waals surface area contributed by atoms with Crippen LogP contribution in [-0.4, -0.2) is 17.0 Å². The first-order valence-corrected chi connectivity index (χ1v) is 10.6. The molecule has 0 rings (SSSR count). The van der Waals surface area contributed by atoms with E-state index in [0.29, 0.717) is 6.61 Å². The Labute approximate surface area is 122 Å². The Balaban J connectivity index is 0. The van der Waals surface area contributed by atoms with Crippen molar-refractivity contribution >= 4 is 29.7 Å². The summed E-state index contributed by atoms with van der Waals surface area (Å²) in [6, 6.07) is 0. The van der Waals surface area contributed by atoms with E-state index in [-0.39, 0.29) is 5.48 Å². The molecule has 0 saturated carbocycles. The lowest BCUT2D eigenvalue weighted by Crippen LogP contribution is -1.89. The molecule has 112 valence electrons. The lowest BCUT2D eigenvalue weighted by Gasteiger charge is -2.08. The van der Waals surface area contributed by atoms with Crippen LogP contribution in [0.25, 0.3) is 0 Å². The normalized spacial score (nSPS) is 13.9. The monoisotopic (exact) mass is 316 g/mol. The molecule has 0 aromatic heterocycles. The molecule has 0 fully saturated rings. The van der Waals surface area contributed by atoms with E-state index in [1.165, 1.54) is 51.4 Å². The van der Waals surface area contributed by atoms with E-state index in [2.05, 4.69) is 31.0 Å². The predicted octanol–water partition coefficient (Wildman–Crippen LogP) is 4.25. The molecule has 0 bridgehead atoms. The summed E-state index contributed by atoms with van der Waals surface area (Å²) >= 11 is 8.48. The molecule has 0 aliphatic rings. The molecule has 0 aliphatic carbocycles. The van der Waals surface area contributed by atoms with Gasteiger partial charge in [0.05, 0.1) is 6.61 Å². The SMILES string of the molecule is CCCCCCCCCCCCOP(O)(=S)S.O. The van der Waals surface area contributed by atoms with Crippen LogP contribution in [0.1, 0.15) is 71.1 Å². The Bertz CT molecular complexity index is 209. The van der Waals surface area contributed by atoms with Crippen molar-refractivity contribution in [2.24, 2.45) is 0 Å². The van der Waals surface area contributed by atoms with Gasteiger partial charge in [-0.3, -0.25) is 0 Å². The maximum Gasteiger partial charge on any atom is 0.241 e. The third-order valence-corrected chi connectivity index (χ3v) is 3.94. The van der Waals surface area contributed by atoms with Crippen molar-refractivity contribution in [1.29, 1.82) is 0 Å². The van der Waals surface area contributed by atoms with Gasteiger partial charge in [0, 0.05) is 0 Å². The first kappa shape index (κ1) is 21.2. The van der Waals surface area contributed by atoms with Crippen LogP contribution in [0.4, 0.5) is 0 Å². The fourth-order valence-corrected chi connectivity index (χ4v) is 2.61. The Kier molecular flexibility index (Phi) is 16.8. The number of rotatable bonds is 12. The number of thiol groups is 1. The highest BCUT2D eigenvalue weighted by Crippen LogP contribution is 2.47. The van der Waals surface area contributed by atoms with Gasteiger partial charge in [-0.25, -0.2) is 0 Å². The van der Waals surface area contributed by atoms with E-state index in [4.69, 9.17) is 9.42 Å². The quantitative estimate of drug-likeness (QED) is 0.321. The summed E-state index contributed by atoms with van der Waals surface area (Å²) in [6.45, 7) is 2.80. The zero-order valence-electron chi connectivity index (χ0n) is 11.4. The average Bonchev–Trinajstić information content (AvgIpc) is 2.24. The molecule has 3 nitrogen and oxygen atoms in total. The summed E-state index contributed by atoms with van der Waals surface area (Å²) in [5.41, 5.74) is -2.72. The molecule has 3 N–H and O–H groups in total. The Morgan fingerprint density at radius 2 is 1.33 bits per heavy atom. The predicted molar refractivity (Wildman–Crippen MR) is 86.9 cm³/mol. The van der Waals surface area contributed by atoms with Gasteiger partial charge in [-0.15, -0.1) is 0 Å². The van der Waals surface area contributed by atoms with E-state index < -0.39 is 5.69 Å². The molecule has 1 atom stereocenters. The van der Waals surface area contributed by atoms with E-state index >= 15 is 0 Å². The van der Waals surface area contributed by atoms with Crippen LogP contribution >= 0.6 is 17.9 Å². The van der Waals surface area contributed by atoms with Crippen molar-refractivity contribution in [3.05, 3.63) is 0 Å². The van der Waals surface area contributed by atoms with Crippen molar-refractivity contribution in [1.82, 2.24) is 0 Å². The molecule has 0 saturated heterocycles. The molecule has 0 aromatic rings. The van der Waals surface area contributed by atoms with Gasteiger partial charge in [-0.2, -0.15) is 0 Å². The van der Waals surface area contributed by atoms with Crippen molar-refractivity contribution in [2.75, 3.05) is 6.61 Å². The van der Waals surface area contributed by atoms with Crippen molar-refractivity contribution in [3.8, 4) is 0 Å². The lowest BCUT2D eigenvalue weighted by molar-refractivity contribution is 0.307. The Hall–Kier alpha value is 0.880. The Morgan fingerprint density at radius 3 is 1.72 bits per heavy atom. The van der Waals surface area contributed by atoms with Crippen molar-refractivity contribution < 1.29 is 14.9 Å². The topological polar surface area (TPSA) is 61.0 Å². The molecule has 18 heavy (non-hydrogen) atoms. The van der Waals surface area contributed by atoms with Crippen molar-refractivity contribution in [3.63, 3.8) is 0 Å². The fraction of sp³-hybridized carbons (Fsp3) is 1.00. The van der Waals surface area contributed by atoms with Crippen molar-refractivity contribution in [2.45, 2.75) is 71.1 Å². The first-order chi connectivity index (χ1) is 8.06. The summed E-state index contributed by atoms with van der Waals surface area (Å²) < 4.78 is 5.05. The molecular formula is C12H29O3PS2. The van der Waals surface area contributed by atoms with Gasteiger partial charge in [0.25, 0.3) is 0 Å². The maximum absolute atomic E-state index is 9.13. The minimum Gasteiger partial charge on any atom is -0.412 e. The molecule has 0 amide bonds. The first-order valence-electron chi connectivity index (χ1n) is 6.76. The van der Waals surface area contributed by atoms with E-state index in [0.717, 1.165) is 12.8 Å². The van der Waals surface area contributed by atoms with Crippen LogP contribution in [0, 0.1) is 0 Å². The summed E-state index contributed by atoms with van der Waals surface area (Å²) in [5, 5.41) is 0. The number of hydrogen-bond acceptors (Lipinski definition) is 2. The van der Waals surface area contributed by atoms with E-state index in [1.807, 2.05) is 0 Å². The van der Waals surface area contributed by atoms with Crippen LogP contribution in [0.2, 0.25) is 0 Å². The van der Waals surface area contributed by atoms with Crippen LogP contribution in [0.5, 0.6) is 0 Å². The number of unbranched alkanes of at least 4 members (excludes halogenated alkanes) is 9. The third kappa shape index (κ3) is 19.2. The summed E-state index contributed by atoms with van der Waals surface area (Å²) in [6.07, 6.45) is 13.0. The molecule has 1 unspecified atom stereocenters. The highest BCUT2D eigenvalue weighted by molar-refractivity contribution is 8.59. The molecule has 0 radical (unpaired) electrons. The zero-order chi connectivity index (χ0) is 13.0. The molecule has 0 aliphatic heterocycles. The smallest absolute Gasteiger partial charge is 0.241 e. The van der Waals surface area contributed by atoms with Gasteiger partial charge in [0.15, 0.2) is 0 Å². The van der Waals surface area contributed by atoms with Crippen LogP contribution in [0.15, 0.2) is 0 Å². The lowest BCUT2D eigenvalue weighted by atomic mass is 10.1. The van der Waals surface area contributed by atoms with E-state index in [9.17, 15) is 0 Å². The Morgan fingerprint density at radius 1 is 0.944 bits per heavy atom. The summed E-state index contributed by atoms with van der Waals surface area (Å²) in [5.74, 6) is 0. The molecule has 0 heterocycles. The highest BCUT2D eigenvalue weighted by Gasteiger charge is 2.04. The van der Waals surface area contributed by atoms with Crippen LogP contribution in [-0.2, 0) is 16.3 Å². The second kappa shape index (κ2) is 14.3. The van der Waals surface area contributed by atoms with Gasteiger partial charge in [0.2, 0.25) is 5.69 Å².